The number of rotatable bonds is 5. The third-order valence-corrected chi connectivity index (χ3v) is 4.80. The van der Waals surface area contributed by atoms with E-state index >= 15 is 0 Å². The van der Waals surface area contributed by atoms with Gasteiger partial charge in [0.1, 0.15) is 5.82 Å². The Morgan fingerprint density at radius 2 is 2.05 bits per heavy atom. The van der Waals surface area contributed by atoms with Crippen molar-refractivity contribution in [1.29, 1.82) is 0 Å². The van der Waals surface area contributed by atoms with E-state index in [1.54, 1.807) is 12.1 Å². The van der Waals surface area contributed by atoms with Gasteiger partial charge < -0.3 is 5.32 Å². The van der Waals surface area contributed by atoms with Crippen molar-refractivity contribution in [2.24, 2.45) is 5.41 Å². The Morgan fingerprint density at radius 1 is 1.37 bits per heavy atom. The van der Waals surface area contributed by atoms with Crippen molar-refractivity contribution in [3.63, 3.8) is 0 Å². The summed E-state index contributed by atoms with van der Waals surface area (Å²) in [5.41, 5.74) is 0.990. The second-order valence-corrected chi connectivity index (χ2v) is 6.83. The van der Waals surface area contributed by atoms with Gasteiger partial charge in [-0.2, -0.15) is 0 Å². The normalized spacial score (nSPS) is 19.6. The van der Waals surface area contributed by atoms with Crippen molar-refractivity contribution in [2.75, 3.05) is 6.54 Å². The van der Waals surface area contributed by atoms with Crippen LogP contribution in [0.3, 0.4) is 0 Å². The summed E-state index contributed by atoms with van der Waals surface area (Å²) < 4.78 is 15.2. The monoisotopic (exact) mass is 327 g/mol. The molecule has 1 saturated carbocycles. The van der Waals surface area contributed by atoms with E-state index in [1.165, 1.54) is 25.7 Å². The number of hydrogen-bond donors (Lipinski definition) is 1. The summed E-state index contributed by atoms with van der Waals surface area (Å²) in [6.45, 7) is 5.39. The molecule has 1 nitrogen and oxygen atoms in total. The van der Waals surface area contributed by atoms with Crippen molar-refractivity contribution in [3.8, 4) is 0 Å². The number of halogens is 2. The van der Waals surface area contributed by atoms with Crippen LogP contribution in [0, 0.1) is 11.2 Å². The van der Waals surface area contributed by atoms with Gasteiger partial charge in [0.05, 0.1) is 0 Å². The summed E-state index contributed by atoms with van der Waals surface area (Å²) >= 11 is 3.46. The molecule has 3 heteroatoms. The molecule has 0 saturated heterocycles. The van der Waals surface area contributed by atoms with E-state index in [0.717, 1.165) is 23.0 Å². The second kappa shape index (κ2) is 6.36. The summed E-state index contributed by atoms with van der Waals surface area (Å²) in [4.78, 5) is 0. The third kappa shape index (κ3) is 3.38. The highest BCUT2D eigenvalue weighted by Gasteiger charge is 2.38. The molecule has 19 heavy (non-hydrogen) atoms. The van der Waals surface area contributed by atoms with Crippen LogP contribution in [0.4, 0.5) is 4.39 Å². The first-order chi connectivity index (χ1) is 9.07. The van der Waals surface area contributed by atoms with Crippen molar-refractivity contribution >= 4 is 15.9 Å². The molecular weight excluding hydrogens is 305 g/mol. The predicted octanol–water partition coefficient (Wildman–Crippen LogP) is 5.21. The Hall–Kier alpha value is -0.410. The molecule has 1 atom stereocenters. The highest BCUT2D eigenvalue weighted by Crippen LogP contribution is 2.47. The lowest BCUT2D eigenvalue weighted by molar-refractivity contribution is 0.219. The fourth-order valence-corrected chi connectivity index (χ4v) is 3.61. The number of hydrogen-bond acceptors (Lipinski definition) is 1. The van der Waals surface area contributed by atoms with E-state index in [9.17, 15) is 4.39 Å². The van der Waals surface area contributed by atoms with Crippen LogP contribution < -0.4 is 5.32 Å². The van der Waals surface area contributed by atoms with Gasteiger partial charge in [0.25, 0.3) is 0 Å². The van der Waals surface area contributed by atoms with E-state index < -0.39 is 0 Å². The molecule has 0 aliphatic heterocycles. The highest BCUT2D eigenvalue weighted by molar-refractivity contribution is 9.10. The smallest absolute Gasteiger partial charge is 0.128 e. The Morgan fingerprint density at radius 3 is 2.68 bits per heavy atom. The molecule has 2 rings (SSSR count). The standard InChI is InChI=1S/C16H23BrFN/c1-3-10-19-15(16(2)8-4-5-9-16)13-11-12(17)6-7-14(13)18/h6-7,11,15,19H,3-5,8-10H2,1-2H3. The zero-order chi connectivity index (χ0) is 13.9. The van der Waals surface area contributed by atoms with Crippen LogP contribution in [0.15, 0.2) is 22.7 Å². The van der Waals surface area contributed by atoms with Crippen LogP contribution in [0.2, 0.25) is 0 Å². The SMILES string of the molecule is CCCNC(c1cc(Br)ccc1F)C1(C)CCCC1. The minimum Gasteiger partial charge on any atom is -0.309 e. The van der Waals surface area contributed by atoms with Gasteiger partial charge in [-0.3, -0.25) is 0 Å². The maximum atomic E-state index is 14.2. The van der Waals surface area contributed by atoms with Crippen molar-refractivity contribution in [1.82, 2.24) is 5.32 Å². The molecule has 1 fully saturated rings. The Balaban J connectivity index is 2.33. The van der Waals surface area contributed by atoms with Gasteiger partial charge in [-0.15, -0.1) is 0 Å². The highest BCUT2D eigenvalue weighted by atomic mass is 79.9. The summed E-state index contributed by atoms with van der Waals surface area (Å²) in [7, 11) is 0. The van der Waals surface area contributed by atoms with E-state index in [4.69, 9.17) is 0 Å². The molecule has 1 aliphatic carbocycles. The minimum atomic E-state index is -0.0927. The lowest BCUT2D eigenvalue weighted by Crippen LogP contribution is -2.35. The molecule has 1 aromatic carbocycles. The van der Waals surface area contributed by atoms with Crippen LogP contribution in [0.25, 0.3) is 0 Å². The molecule has 0 spiro atoms. The van der Waals surface area contributed by atoms with Gasteiger partial charge in [0.2, 0.25) is 0 Å². The maximum Gasteiger partial charge on any atom is 0.128 e. The maximum absolute atomic E-state index is 14.2. The van der Waals surface area contributed by atoms with Gasteiger partial charge in [0.15, 0.2) is 0 Å². The predicted molar refractivity (Wildman–Crippen MR) is 81.7 cm³/mol. The summed E-state index contributed by atoms with van der Waals surface area (Å²) in [6.07, 6.45) is 5.95. The molecule has 0 amide bonds. The fourth-order valence-electron chi connectivity index (χ4n) is 3.23. The first-order valence-electron chi connectivity index (χ1n) is 7.25. The topological polar surface area (TPSA) is 12.0 Å². The van der Waals surface area contributed by atoms with Gasteiger partial charge in [-0.25, -0.2) is 4.39 Å². The van der Waals surface area contributed by atoms with Crippen LogP contribution in [-0.2, 0) is 0 Å². The average molecular weight is 328 g/mol. The number of benzene rings is 1. The minimum absolute atomic E-state index is 0.0927. The molecule has 1 N–H and O–H groups in total. The molecular formula is C16H23BrFN. The summed E-state index contributed by atoms with van der Waals surface area (Å²) in [5, 5.41) is 3.58. The quantitative estimate of drug-likeness (QED) is 0.782. The molecule has 1 unspecified atom stereocenters. The van der Waals surface area contributed by atoms with E-state index in [-0.39, 0.29) is 17.3 Å². The van der Waals surface area contributed by atoms with E-state index in [1.807, 2.05) is 6.07 Å². The Labute approximate surface area is 124 Å². The van der Waals surface area contributed by atoms with Crippen molar-refractivity contribution < 1.29 is 4.39 Å². The van der Waals surface area contributed by atoms with Crippen molar-refractivity contribution in [2.45, 2.75) is 52.0 Å². The van der Waals surface area contributed by atoms with Gasteiger partial charge >= 0.3 is 0 Å². The second-order valence-electron chi connectivity index (χ2n) is 5.91. The van der Waals surface area contributed by atoms with Crippen LogP contribution >= 0.6 is 15.9 Å². The zero-order valence-electron chi connectivity index (χ0n) is 11.8. The summed E-state index contributed by atoms with van der Waals surface area (Å²) in [5.74, 6) is -0.0927. The van der Waals surface area contributed by atoms with E-state index in [0.29, 0.717) is 0 Å². The van der Waals surface area contributed by atoms with Gasteiger partial charge in [-0.1, -0.05) is 42.6 Å². The van der Waals surface area contributed by atoms with Gasteiger partial charge in [0, 0.05) is 16.1 Å². The average Bonchev–Trinajstić information content (AvgIpc) is 2.82. The molecule has 0 heterocycles. The lowest BCUT2D eigenvalue weighted by Gasteiger charge is -2.35. The molecule has 1 aliphatic rings. The third-order valence-electron chi connectivity index (χ3n) is 4.31. The fraction of sp³-hybridized carbons (Fsp3) is 0.625. The number of nitrogens with one attached hydrogen (secondary N) is 1. The van der Waals surface area contributed by atoms with Crippen LogP contribution in [0.1, 0.15) is 57.6 Å². The molecule has 106 valence electrons. The lowest BCUT2D eigenvalue weighted by atomic mass is 9.77. The zero-order valence-corrected chi connectivity index (χ0v) is 13.4. The van der Waals surface area contributed by atoms with E-state index in [2.05, 4.69) is 35.1 Å². The van der Waals surface area contributed by atoms with Crippen LogP contribution in [-0.4, -0.2) is 6.54 Å². The molecule has 0 aromatic heterocycles. The van der Waals surface area contributed by atoms with Crippen molar-refractivity contribution in [3.05, 3.63) is 34.1 Å². The Kier molecular flexibility index (Phi) is 5.02. The molecule has 0 bridgehead atoms. The first-order valence-corrected chi connectivity index (χ1v) is 8.04. The largest absolute Gasteiger partial charge is 0.309 e. The molecule has 1 aromatic rings. The van der Waals surface area contributed by atoms with Crippen LogP contribution in [0.5, 0.6) is 0 Å². The molecule has 0 radical (unpaired) electrons. The summed E-state index contributed by atoms with van der Waals surface area (Å²) in [6, 6.07) is 5.39. The first kappa shape index (κ1) is 15.0. The Bertz CT molecular complexity index is 427. The van der Waals surface area contributed by atoms with Gasteiger partial charge in [-0.05, 0) is 49.4 Å².